The van der Waals surface area contributed by atoms with Gasteiger partial charge in [-0.15, -0.1) is 17.0 Å². The van der Waals surface area contributed by atoms with Crippen molar-refractivity contribution in [3.63, 3.8) is 0 Å². The van der Waals surface area contributed by atoms with Crippen molar-refractivity contribution < 1.29 is 0 Å². The van der Waals surface area contributed by atoms with Gasteiger partial charge >= 0.3 is 0 Å². The van der Waals surface area contributed by atoms with E-state index in [0.717, 1.165) is 0 Å². The molecule has 0 rings (SSSR count). The van der Waals surface area contributed by atoms with Crippen LogP contribution < -0.4 is 5.32 Å². The molecular weight excluding hydrogens is 478 g/mol. The van der Waals surface area contributed by atoms with E-state index in [1.54, 1.807) is 0 Å². The maximum Gasteiger partial charge on any atom is -0.00489 e. The average molecular weight is 547 g/mol. The zero-order chi connectivity index (χ0) is 23.9. The Morgan fingerprint density at radius 1 is 0.265 bits per heavy atom. The van der Waals surface area contributed by atoms with Crippen LogP contribution in [0.3, 0.4) is 0 Å². The zero-order valence-electron chi connectivity index (χ0n) is 24.1. The largest absolute Gasteiger partial charge is 0.317 e. The highest BCUT2D eigenvalue weighted by atomic mass is 79.9. The molecule has 34 heavy (non-hydrogen) atoms. The van der Waals surface area contributed by atoms with Gasteiger partial charge in [0.05, 0.1) is 0 Å². The van der Waals surface area contributed by atoms with E-state index in [1.807, 2.05) is 0 Å². The molecule has 0 bridgehead atoms. The molecule has 208 valence electrons. The standard InChI is InChI=1S/C32H67N.BrH/c1-3-5-7-9-11-13-15-17-19-21-23-25-27-29-31-33-32-30-28-26-24-22-20-18-16-14-12-10-8-6-4-2;/h33H,3-32H2,1-2H3;1H. The van der Waals surface area contributed by atoms with Gasteiger partial charge in [0.1, 0.15) is 0 Å². The molecular formula is C32H68BrN. The molecule has 1 N–H and O–H groups in total. The van der Waals surface area contributed by atoms with Gasteiger partial charge in [-0.1, -0.05) is 181 Å². The Morgan fingerprint density at radius 2 is 0.441 bits per heavy atom. The first-order valence-electron chi connectivity index (χ1n) is 16.1. The Morgan fingerprint density at radius 3 is 0.647 bits per heavy atom. The summed E-state index contributed by atoms with van der Waals surface area (Å²) in [6.45, 7) is 7.10. The number of halogens is 1. The summed E-state index contributed by atoms with van der Waals surface area (Å²) in [7, 11) is 0. The Kier molecular flexibility index (Phi) is 38.3. The summed E-state index contributed by atoms with van der Waals surface area (Å²) in [5.41, 5.74) is 0. The lowest BCUT2D eigenvalue weighted by atomic mass is 10.0. The van der Waals surface area contributed by atoms with Crippen LogP contribution in [0.2, 0.25) is 0 Å². The molecule has 0 heterocycles. The second-order valence-electron chi connectivity index (χ2n) is 10.9. The van der Waals surface area contributed by atoms with Crippen molar-refractivity contribution in [2.45, 2.75) is 194 Å². The molecule has 0 atom stereocenters. The first-order valence-corrected chi connectivity index (χ1v) is 16.1. The van der Waals surface area contributed by atoms with E-state index in [0.29, 0.717) is 0 Å². The van der Waals surface area contributed by atoms with Crippen molar-refractivity contribution in [3.8, 4) is 0 Å². The van der Waals surface area contributed by atoms with Crippen LogP contribution in [0.4, 0.5) is 0 Å². The summed E-state index contributed by atoms with van der Waals surface area (Å²) in [4.78, 5) is 0. The quantitative estimate of drug-likeness (QED) is 0.0883. The average Bonchev–Trinajstić information content (AvgIpc) is 2.83. The van der Waals surface area contributed by atoms with Crippen molar-refractivity contribution in [3.05, 3.63) is 0 Å². The van der Waals surface area contributed by atoms with Gasteiger partial charge in [0, 0.05) is 0 Å². The van der Waals surface area contributed by atoms with E-state index < -0.39 is 0 Å². The number of rotatable bonds is 30. The van der Waals surface area contributed by atoms with Gasteiger partial charge in [-0.25, -0.2) is 0 Å². The molecule has 0 saturated carbocycles. The summed E-state index contributed by atoms with van der Waals surface area (Å²) in [5.74, 6) is 0. The summed E-state index contributed by atoms with van der Waals surface area (Å²) in [6.07, 6.45) is 40.7. The monoisotopic (exact) mass is 545 g/mol. The Labute approximate surface area is 228 Å². The zero-order valence-corrected chi connectivity index (χ0v) is 25.8. The third-order valence-electron chi connectivity index (χ3n) is 7.41. The molecule has 0 unspecified atom stereocenters. The molecule has 0 aliphatic carbocycles. The molecule has 0 saturated heterocycles. The number of unbranched alkanes of at least 4 members (excludes halogenated alkanes) is 26. The van der Waals surface area contributed by atoms with Crippen molar-refractivity contribution in [1.82, 2.24) is 5.32 Å². The minimum atomic E-state index is 0. The highest BCUT2D eigenvalue weighted by molar-refractivity contribution is 8.93. The summed E-state index contributed by atoms with van der Waals surface area (Å²) in [5, 5.41) is 3.67. The molecule has 0 aromatic heterocycles. The number of hydrogen-bond acceptors (Lipinski definition) is 1. The molecule has 0 spiro atoms. The van der Waals surface area contributed by atoms with Crippen molar-refractivity contribution in [2.75, 3.05) is 13.1 Å². The van der Waals surface area contributed by atoms with Crippen LogP contribution in [-0.2, 0) is 0 Å². The van der Waals surface area contributed by atoms with Crippen LogP contribution in [0.15, 0.2) is 0 Å². The third kappa shape index (κ3) is 34.6. The van der Waals surface area contributed by atoms with Gasteiger partial charge < -0.3 is 5.32 Å². The van der Waals surface area contributed by atoms with E-state index in [-0.39, 0.29) is 17.0 Å². The van der Waals surface area contributed by atoms with E-state index >= 15 is 0 Å². The first kappa shape index (κ1) is 36.6. The molecule has 0 aromatic carbocycles. The van der Waals surface area contributed by atoms with Crippen molar-refractivity contribution in [2.24, 2.45) is 0 Å². The molecule has 0 fully saturated rings. The molecule has 1 nitrogen and oxygen atoms in total. The van der Waals surface area contributed by atoms with Crippen LogP contribution in [0.25, 0.3) is 0 Å². The predicted molar refractivity (Wildman–Crippen MR) is 164 cm³/mol. The molecule has 0 aliphatic rings. The van der Waals surface area contributed by atoms with Crippen LogP contribution in [-0.4, -0.2) is 13.1 Å². The fourth-order valence-corrected chi connectivity index (χ4v) is 5.01. The van der Waals surface area contributed by atoms with Gasteiger partial charge in [0.15, 0.2) is 0 Å². The van der Waals surface area contributed by atoms with Crippen LogP contribution >= 0.6 is 17.0 Å². The second-order valence-corrected chi connectivity index (χ2v) is 10.9. The summed E-state index contributed by atoms with van der Waals surface area (Å²) >= 11 is 0. The number of hydrogen-bond donors (Lipinski definition) is 1. The van der Waals surface area contributed by atoms with Crippen molar-refractivity contribution >= 4 is 17.0 Å². The van der Waals surface area contributed by atoms with Gasteiger partial charge in [-0.3, -0.25) is 0 Å². The maximum atomic E-state index is 3.67. The maximum absolute atomic E-state index is 3.67. The van der Waals surface area contributed by atoms with Crippen LogP contribution in [0.1, 0.15) is 194 Å². The lowest BCUT2D eigenvalue weighted by Crippen LogP contribution is -2.16. The minimum absolute atomic E-state index is 0. The van der Waals surface area contributed by atoms with Gasteiger partial charge in [-0.05, 0) is 25.9 Å². The third-order valence-corrected chi connectivity index (χ3v) is 7.41. The summed E-state index contributed by atoms with van der Waals surface area (Å²) in [6, 6.07) is 0. The normalized spacial score (nSPS) is 11.1. The lowest BCUT2D eigenvalue weighted by Gasteiger charge is -2.06. The first-order chi connectivity index (χ1) is 16.4. The Bertz CT molecular complexity index is 290. The molecule has 0 radical (unpaired) electrons. The highest BCUT2D eigenvalue weighted by Crippen LogP contribution is 2.14. The van der Waals surface area contributed by atoms with Crippen molar-refractivity contribution in [1.29, 1.82) is 0 Å². The van der Waals surface area contributed by atoms with Gasteiger partial charge in [0.2, 0.25) is 0 Å². The SMILES string of the molecule is Br.CCCCCCCCCCCCCCCCNCCCCCCCCCCCCCCCC. The molecule has 2 heteroatoms. The van der Waals surface area contributed by atoms with E-state index in [9.17, 15) is 0 Å². The van der Waals surface area contributed by atoms with E-state index in [4.69, 9.17) is 0 Å². The molecule has 0 amide bonds. The van der Waals surface area contributed by atoms with Crippen LogP contribution in [0, 0.1) is 0 Å². The van der Waals surface area contributed by atoms with Gasteiger partial charge in [-0.2, -0.15) is 0 Å². The lowest BCUT2D eigenvalue weighted by molar-refractivity contribution is 0.518. The minimum Gasteiger partial charge on any atom is -0.317 e. The number of nitrogens with one attached hydrogen (secondary N) is 1. The van der Waals surface area contributed by atoms with Crippen LogP contribution in [0.5, 0.6) is 0 Å². The van der Waals surface area contributed by atoms with E-state index in [1.165, 1.54) is 193 Å². The Balaban J connectivity index is 0. The summed E-state index contributed by atoms with van der Waals surface area (Å²) < 4.78 is 0. The van der Waals surface area contributed by atoms with E-state index in [2.05, 4.69) is 19.2 Å². The topological polar surface area (TPSA) is 12.0 Å². The fraction of sp³-hybridized carbons (Fsp3) is 1.00. The second kappa shape index (κ2) is 35.6. The predicted octanol–water partition coefficient (Wildman–Crippen LogP) is 12.1. The molecule has 0 aromatic rings. The highest BCUT2D eigenvalue weighted by Gasteiger charge is 1.96. The fourth-order valence-electron chi connectivity index (χ4n) is 5.01. The van der Waals surface area contributed by atoms with Gasteiger partial charge in [0.25, 0.3) is 0 Å². The Hall–Kier alpha value is 0.440. The molecule has 0 aliphatic heterocycles. The smallest absolute Gasteiger partial charge is 0.00489 e.